The maximum atomic E-state index is 5.86. The van der Waals surface area contributed by atoms with Gasteiger partial charge in [-0.15, -0.1) is 10.2 Å². The van der Waals surface area contributed by atoms with E-state index in [1.165, 1.54) is 0 Å². The Labute approximate surface area is 136 Å². The van der Waals surface area contributed by atoms with E-state index in [1.54, 1.807) is 12.5 Å². The maximum absolute atomic E-state index is 5.86. The highest BCUT2D eigenvalue weighted by atomic mass is 35.5. The van der Waals surface area contributed by atoms with Crippen LogP contribution >= 0.6 is 11.6 Å². The van der Waals surface area contributed by atoms with E-state index < -0.39 is 0 Å². The number of anilines is 1. The van der Waals surface area contributed by atoms with Crippen LogP contribution in [0.2, 0.25) is 5.02 Å². The third-order valence-electron chi connectivity index (χ3n) is 3.39. The van der Waals surface area contributed by atoms with Crippen molar-refractivity contribution in [3.05, 3.63) is 65.4 Å². The number of fused-ring (bicyclic) bond motifs is 3. The maximum Gasteiger partial charge on any atom is 0.205 e. The molecule has 0 saturated heterocycles. The van der Waals surface area contributed by atoms with E-state index in [0.717, 1.165) is 16.6 Å². The van der Waals surface area contributed by atoms with E-state index in [0.29, 0.717) is 16.5 Å². The molecule has 0 amide bonds. The Morgan fingerprint density at radius 3 is 2.78 bits per heavy atom. The molecule has 7 heteroatoms. The fourth-order valence-electron chi connectivity index (χ4n) is 2.30. The van der Waals surface area contributed by atoms with Gasteiger partial charge in [-0.3, -0.25) is 9.83 Å². The van der Waals surface area contributed by atoms with Crippen LogP contribution in [0, 0.1) is 0 Å². The fourth-order valence-corrected chi connectivity index (χ4v) is 2.42. The Balaban J connectivity index is 1.70. The van der Waals surface area contributed by atoms with Gasteiger partial charge in [0.05, 0.1) is 17.2 Å². The number of hydrogen-bond acceptors (Lipinski definition) is 5. The van der Waals surface area contributed by atoms with Crippen LogP contribution in [0.15, 0.2) is 60.0 Å². The molecule has 0 spiro atoms. The van der Waals surface area contributed by atoms with Crippen molar-refractivity contribution < 1.29 is 0 Å². The highest BCUT2D eigenvalue weighted by Gasteiger charge is 2.08. The molecule has 4 rings (SSSR count). The van der Waals surface area contributed by atoms with E-state index in [1.807, 2.05) is 52.9 Å². The summed E-state index contributed by atoms with van der Waals surface area (Å²) in [5.74, 6) is 0.548. The zero-order valence-corrected chi connectivity index (χ0v) is 12.6. The first kappa shape index (κ1) is 13.7. The highest BCUT2D eigenvalue weighted by Crippen LogP contribution is 2.19. The minimum Gasteiger partial charge on any atom is -0.277 e. The van der Waals surface area contributed by atoms with Crippen LogP contribution in [0.3, 0.4) is 0 Å². The summed E-state index contributed by atoms with van der Waals surface area (Å²) in [6, 6.07) is 15.2. The molecule has 23 heavy (non-hydrogen) atoms. The molecule has 6 nitrogen and oxygen atoms in total. The van der Waals surface area contributed by atoms with Crippen molar-refractivity contribution in [2.24, 2.45) is 5.10 Å². The van der Waals surface area contributed by atoms with Crippen molar-refractivity contribution in [3.8, 4) is 0 Å². The molecular formula is C16H11ClN6. The van der Waals surface area contributed by atoms with E-state index in [4.69, 9.17) is 11.6 Å². The predicted octanol–water partition coefficient (Wildman–Crippen LogP) is 3.38. The number of halogens is 1. The summed E-state index contributed by atoms with van der Waals surface area (Å²) in [5.41, 5.74) is 6.27. The lowest BCUT2D eigenvalue weighted by Gasteiger charge is -2.05. The third-order valence-corrected chi connectivity index (χ3v) is 3.64. The Morgan fingerprint density at radius 1 is 1.09 bits per heavy atom. The Hall–Kier alpha value is -2.99. The molecule has 1 N–H and O–H groups in total. The Kier molecular flexibility index (Phi) is 3.36. The molecule has 2 heterocycles. The summed E-state index contributed by atoms with van der Waals surface area (Å²) in [6.07, 6.45) is 3.35. The summed E-state index contributed by atoms with van der Waals surface area (Å²) in [7, 11) is 0. The molecule has 0 aliphatic heterocycles. The van der Waals surface area contributed by atoms with Gasteiger partial charge >= 0.3 is 0 Å². The van der Waals surface area contributed by atoms with Gasteiger partial charge in [0, 0.05) is 5.02 Å². The Morgan fingerprint density at radius 2 is 1.91 bits per heavy atom. The molecule has 0 unspecified atom stereocenters. The Bertz CT molecular complexity index is 1010. The lowest BCUT2D eigenvalue weighted by molar-refractivity contribution is 1.11. The van der Waals surface area contributed by atoms with Crippen LogP contribution in [0.1, 0.15) is 5.56 Å². The molecule has 0 aliphatic rings. The van der Waals surface area contributed by atoms with Crippen LogP contribution in [0.5, 0.6) is 0 Å². The van der Waals surface area contributed by atoms with Crippen molar-refractivity contribution >= 4 is 40.3 Å². The van der Waals surface area contributed by atoms with Gasteiger partial charge in [-0.1, -0.05) is 35.9 Å². The lowest BCUT2D eigenvalue weighted by atomic mass is 10.2. The first-order valence-electron chi connectivity index (χ1n) is 6.94. The van der Waals surface area contributed by atoms with E-state index >= 15 is 0 Å². The first-order valence-corrected chi connectivity index (χ1v) is 7.32. The second-order valence-corrected chi connectivity index (χ2v) is 5.33. The number of aromatic nitrogens is 4. The van der Waals surface area contributed by atoms with Crippen LogP contribution < -0.4 is 5.43 Å². The van der Waals surface area contributed by atoms with Crippen molar-refractivity contribution in [3.63, 3.8) is 0 Å². The van der Waals surface area contributed by atoms with Crippen LogP contribution in [-0.2, 0) is 0 Å². The number of nitrogens with one attached hydrogen (secondary N) is 1. The normalized spacial score (nSPS) is 11.5. The molecule has 0 radical (unpaired) electrons. The topological polar surface area (TPSA) is 67.5 Å². The number of benzene rings is 2. The van der Waals surface area contributed by atoms with E-state index in [-0.39, 0.29) is 0 Å². The largest absolute Gasteiger partial charge is 0.277 e. The number of nitrogens with zero attached hydrogens (tertiary/aromatic N) is 5. The average Bonchev–Trinajstić information content (AvgIpc) is 3.07. The molecule has 0 fully saturated rings. The number of para-hydroxylation sites is 2. The average molecular weight is 323 g/mol. The zero-order chi connectivity index (χ0) is 15.6. The minimum absolute atomic E-state index is 0.548. The minimum atomic E-state index is 0.548. The third kappa shape index (κ3) is 2.60. The number of hydrogen-bond donors (Lipinski definition) is 1. The fraction of sp³-hybridized carbons (Fsp3) is 0. The number of hydrazone groups is 1. The number of rotatable bonds is 3. The molecule has 4 aromatic rings. The van der Waals surface area contributed by atoms with E-state index in [2.05, 4.69) is 25.7 Å². The van der Waals surface area contributed by atoms with Crippen molar-refractivity contribution in [1.82, 2.24) is 19.6 Å². The zero-order valence-electron chi connectivity index (χ0n) is 11.9. The summed E-state index contributed by atoms with van der Waals surface area (Å²) in [6.45, 7) is 0. The second-order valence-electron chi connectivity index (χ2n) is 4.90. The SMILES string of the molecule is Clc1ccc(/C=N\Nc2nc3ccccc3n3cnnc23)cc1. The molecule has 0 atom stereocenters. The molecule has 2 aromatic carbocycles. The van der Waals surface area contributed by atoms with Gasteiger partial charge in [-0.25, -0.2) is 4.98 Å². The molecule has 0 saturated carbocycles. The molecule has 0 aliphatic carbocycles. The molecule has 112 valence electrons. The standard InChI is InChI=1S/C16H11ClN6/c17-12-7-5-11(6-8-12)9-18-21-15-16-22-19-10-23(16)14-4-2-1-3-13(14)20-15/h1-10H,(H,20,21)/b18-9-. The van der Waals surface area contributed by atoms with Gasteiger partial charge in [0.15, 0.2) is 5.82 Å². The summed E-state index contributed by atoms with van der Waals surface area (Å²) in [5, 5.41) is 13.0. The van der Waals surface area contributed by atoms with Gasteiger partial charge < -0.3 is 0 Å². The highest BCUT2D eigenvalue weighted by molar-refractivity contribution is 6.30. The van der Waals surface area contributed by atoms with E-state index in [9.17, 15) is 0 Å². The van der Waals surface area contributed by atoms with Gasteiger partial charge in [0.25, 0.3) is 0 Å². The molecular weight excluding hydrogens is 312 g/mol. The van der Waals surface area contributed by atoms with Crippen molar-refractivity contribution in [2.45, 2.75) is 0 Å². The van der Waals surface area contributed by atoms with Gasteiger partial charge in [0.2, 0.25) is 5.65 Å². The quantitative estimate of drug-likeness (QED) is 0.464. The summed E-state index contributed by atoms with van der Waals surface area (Å²) in [4.78, 5) is 4.55. The first-order chi connectivity index (χ1) is 11.3. The van der Waals surface area contributed by atoms with Crippen molar-refractivity contribution in [2.75, 3.05) is 5.43 Å². The lowest BCUT2D eigenvalue weighted by Crippen LogP contribution is -1.99. The van der Waals surface area contributed by atoms with Crippen molar-refractivity contribution in [1.29, 1.82) is 0 Å². The van der Waals surface area contributed by atoms with Crippen LogP contribution in [-0.4, -0.2) is 25.8 Å². The van der Waals surface area contributed by atoms with Gasteiger partial charge in [0.1, 0.15) is 6.33 Å². The van der Waals surface area contributed by atoms with Crippen LogP contribution in [0.4, 0.5) is 5.82 Å². The monoisotopic (exact) mass is 322 g/mol. The summed E-state index contributed by atoms with van der Waals surface area (Å²) >= 11 is 5.86. The second kappa shape index (κ2) is 5.66. The van der Waals surface area contributed by atoms with Crippen LogP contribution in [0.25, 0.3) is 16.7 Å². The summed E-state index contributed by atoms with van der Waals surface area (Å²) < 4.78 is 1.88. The van der Waals surface area contributed by atoms with Gasteiger partial charge in [-0.2, -0.15) is 5.10 Å². The predicted molar refractivity (Wildman–Crippen MR) is 91.0 cm³/mol. The molecule has 0 bridgehead atoms. The smallest absolute Gasteiger partial charge is 0.205 e. The van der Waals surface area contributed by atoms with Gasteiger partial charge in [-0.05, 0) is 29.8 Å². The molecule has 2 aromatic heterocycles.